The second kappa shape index (κ2) is 13.2. The predicted octanol–water partition coefficient (Wildman–Crippen LogP) is 3.43. The van der Waals surface area contributed by atoms with Crippen LogP contribution in [0.5, 0.6) is 0 Å². The zero-order valence-electron chi connectivity index (χ0n) is 22.2. The van der Waals surface area contributed by atoms with Crippen LogP contribution in [0.15, 0.2) is 103 Å². The van der Waals surface area contributed by atoms with Crippen molar-refractivity contribution in [3.05, 3.63) is 103 Å². The van der Waals surface area contributed by atoms with Gasteiger partial charge in [0.2, 0.25) is 0 Å². The molecule has 3 nitrogen and oxygen atoms in total. The first-order valence-corrected chi connectivity index (χ1v) is 14.5. The van der Waals surface area contributed by atoms with Crippen LogP contribution >= 0.6 is 7.26 Å². The standard InChI is InChI=1S/C19H18P.C12H21NO2.BrH/c1-20(17-11-5-2-6-12-17,18-13-7-3-8-14-18)19-15-9-4-10-16-19;1-9-6-7-13(8-10(9)2)11(14)15-12(3,4)5;/h2-16H,1H3;10H,1,6-8H2,2-5H3;1H/q+1;;/p-1. The smallest absolute Gasteiger partial charge is 0.410 e. The van der Waals surface area contributed by atoms with E-state index in [0.29, 0.717) is 5.92 Å². The molecular formula is C31H39BrNO2P. The zero-order chi connectivity index (χ0) is 25.5. The number of benzene rings is 3. The number of halogens is 1. The molecule has 1 fully saturated rings. The Morgan fingerprint density at radius 1 is 0.861 bits per heavy atom. The SMILES string of the molecule is C=C1CCN(C(=O)OC(C)(C)C)CC1C.C[P+](c1ccccc1)(c1ccccc1)c1ccccc1.[Br-]. The lowest BCUT2D eigenvalue weighted by molar-refractivity contribution is -0.0000554. The molecule has 1 aliphatic heterocycles. The number of amides is 1. The highest BCUT2D eigenvalue weighted by molar-refractivity contribution is 7.95. The highest BCUT2D eigenvalue weighted by atomic mass is 79.9. The van der Waals surface area contributed by atoms with E-state index in [9.17, 15) is 4.79 Å². The number of ether oxygens (including phenoxy) is 1. The van der Waals surface area contributed by atoms with Crippen LogP contribution in [0, 0.1) is 5.92 Å². The van der Waals surface area contributed by atoms with Crippen LogP contribution in [-0.4, -0.2) is 36.3 Å². The molecule has 0 radical (unpaired) electrons. The Bertz CT molecular complexity index is 1000. The van der Waals surface area contributed by atoms with Crippen molar-refractivity contribution in [3.8, 4) is 0 Å². The lowest BCUT2D eigenvalue weighted by Crippen LogP contribution is -3.00. The molecule has 3 aromatic carbocycles. The molecule has 36 heavy (non-hydrogen) atoms. The Balaban J connectivity index is 0.000000258. The van der Waals surface area contributed by atoms with Crippen LogP contribution in [-0.2, 0) is 4.74 Å². The van der Waals surface area contributed by atoms with E-state index >= 15 is 0 Å². The van der Waals surface area contributed by atoms with Crippen LogP contribution in [0.25, 0.3) is 0 Å². The van der Waals surface area contributed by atoms with Crippen molar-refractivity contribution in [3.63, 3.8) is 0 Å². The fourth-order valence-corrected chi connectivity index (χ4v) is 7.39. The molecule has 4 rings (SSSR count). The van der Waals surface area contributed by atoms with Crippen molar-refractivity contribution in [1.29, 1.82) is 0 Å². The van der Waals surface area contributed by atoms with Gasteiger partial charge in [-0.25, -0.2) is 4.79 Å². The van der Waals surface area contributed by atoms with Crippen molar-refractivity contribution in [2.24, 2.45) is 5.92 Å². The molecule has 1 amide bonds. The number of hydrogen-bond acceptors (Lipinski definition) is 2. The van der Waals surface area contributed by atoms with Crippen molar-refractivity contribution in [2.45, 2.75) is 39.7 Å². The third kappa shape index (κ3) is 7.79. The van der Waals surface area contributed by atoms with E-state index in [0.717, 1.165) is 19.5 Å². The summed E-state index contributed by atoms with van der Waals surface area (Å²) in [5, 5.41) is 4.28. The fraction of sp³-hybridized carbons (Fsp3) is 0.323. The van der Waals surface area contributed by atoms with Crippen LogP contribution in [0.3, 0.4) is 0 Å². The molecule has 5 heteroatoms. The molecule has 0 N–H and O–H groups in total. The molecule has 0 aliphatic carbocycles. The summed E-state index contributed by atoms with van der Waals surface area (Å²) in [4.78, 5) is 13.5. The molecule has 1 atom stereocenters. The maximum atomic E-state index is 11.7. The quantitative estimate of drug-likeness (QED) is 0.358. The minimum absolute atomic E-state index is 0. The summed E-state index contributed by atoms with van der Waals surface area (Å²) in [6.07, 6.45) is 0.683. The molecule has 0 bridgehead atoms. The Labute approximate surface area is 228 Å². The topological polar surface area (TPSA) is 29.5 Å². The normalized spacial score (nSPS) is 15.8. The Morgan fingerprint density at radius 2 is 1.25 bits per heavy atom. The molecule has 1 saturated heterocycles. The highest BCUT2D eigenvalue weighted by Gasteiger charge is 2.39. The van der Waals surface area contributed by atoms with Crippen LogP contribution in [0.1, 0.15) is 34.1 Å². The minimum Gasteiger partial charge on any atom is -1.00 e. The lowest BCUT2D eigenvalue weighted by atomic mass is 9.95. The van der Waals surface area contributed by atoms with E-state index in [-0.39, 0.29) is 23.1 Å². The molecule has 0 saturated carbocycles. The van der Waals surface area contributed by atoms with Gasteiger partial charge in [0, 0.05) is 13.1 Å². The summed E-state index contributed by atoms with van der Waals surface area (Å²) in [6.45, 7) is 15.6. The second-order valence-corrected chi connectivity index (χ2v) is 13.8. The van der Waals surface area contributed by atoms with E-state index in [2.05, 4.69) is 111 Å². The number of nitrogens with zero attached hydrogens (tertiary/aromatic N) is 1. The van der Waals surface area contributed by atoms with Crippen molar-refractivity contribution < 1.29 is 26.5 Å². The van der Waals surface area contributed by atoms with Crippen LogP contribution < -0.4 is 32.9 Å². The van der Waals surface area contributed by atoms with E-state index in [4.69, 9.17) is 4.74 Å². The summed E-state index contributed by atoms with van der Waals surface area (Å²) in [6, 6.07) is 32.6. The maximum Gasteiger partial charge on any atom is 0.410 e. The molecular weight excluding hydrogens is 529 g/mol. The monoisotopic (exact) mass is 567 g/mol. The first-order valence-electron chi connectivity index (χ1n) is 12.3. The van der Waals surface area contributed by atoms with Crippen LogP contribution in [0.4, 0.5) is 4.79 Å². The molecule has 1 aliphatic rings. The van der Waals surface area contributed by atoms with Gasteiger partial charge in [0.15, 0.2) is 0 Å². The van der Waals surface area contributed by atoms with Gasteiger partial charge < -0.3 is 26.6 Å². The Hall–Kier alpha value is -2.42. The molecule has 1 unspecified atom stereocenters. The summed E-state index contributed by atoms with van der Waals surface area (Å²) in [5.74, 6) is 0.381. The van der Waals surface area contributed by atoms with Gasteiger partial charge >= 0.3 is 6.09 Å². The number of likely N-dealkylation sites (tertiary alicyclic amines) is 1. The summed E-state index contributed by atoms with van der Waals surface area (Å²) in [7, 11) is -1.53. The molecule has 0 aromatic heterocycles. The molecule has 0 spiro atoms. The summed E-state index contributed by atoms with van der Waals surface area (Å²) < 4.78 is 5.32. The third-order valence-electron chi connectivity index (χ3n) is 6.36. The first kappa shape index (κ1) is 29.8. The Morgan fingerprint density at radius 3 is 1.58 bits per heavy atom. The second-order valence-electron chi connectivity index (χ2n) is 10.2. The predicted molar refractivity (Wildman–Crippen MR) is 152 cm³/mol. The van der Waals surface area contributed by atoms with E-state index < -0.39 is 12.9 Å². The maximum absolute atomic E-state index is 11.7. The number of carbonyl (C=O) groups excluding carboxylic acids is 1. The van der Waals surface area contributed by atoms with Gasteiger partial charge in [-0.15, -0.1) is 0 Å². The average Bonchev–Trinajstić information content (AvgIpc) is 2.86. The van der Waals surface area contributed by atoms with Gasteiger partial charge in [0.05, 0.1) is 6.66 Å². The lowest BCUT2D eigenvalue weighted by Gasteiger charge is -2.33. The summed E-state index contributed by atoms with van der Waals surface area (Å²) >= 11 is 0. The number of rotatable bonds is 3. The average molecular weight is 569 g/mol. The number of carbonyl (C=O) groups is 1. The highest BCUT2D eigenvalue weighted by Crippen LogP contribution is 2.51. The zero-order valence-corrected chi connectivity index (χ0v) is 24.6. The molecule has 1 heterocycles. The number of hydrogen-bond donors (Lipinski definition) is 0. The Kier molecular flexibility index (Phi) is 10.9. The molecule has 192 valence electrons. The van der Waals surface area contributed by atoms with Gasteiger partial charge in [-0.2, -0.15) is 0 Å². The van der Waals surface area contributed by atoms with E-state index in [1.807, 2.05) is 20.8 Å². The largest absolute Gasteiger partial charge is 1.00 e. The third-order valence-corrected chi connectivity index (χ3v) is 10.4. The number of piperidine rings is 1. The van der Waals surface area contributed by atoms with Gasteiger partial charge in [-0.3, -0.25) is 0 Å². The van der Waals surface area contributed by atoms with Gasteiger partial charge in [-0.05, 0) is 69.5 Å². The first-order chi connectivity index (χ1) is 16.6. The minimum atomic E-state index is -1.53. The van der Waals surface area contributed by atoms with Gasteiger partial charge in [0.1, 0.15) is 28.8 Å². The fourth-order valence-electron chi connectivity index (χ4n) is 4.19. The van der Waals surface area contributed by atoms with Crippen molar-refractivity contribution >= 4 is 29.3 Å². The van der Waals surface area contributed by atoms with Gasteiger partial charge in [0.25, 0.3) is 0 Å². The molecule has 3 aromatic rings. The summed E-state index contributed by atoms with van der Waals surface area (Å²) in [5.41, 5.74) is 0.823. The van der Waals surface area contributed by atoms with Crippen molar-refractivity contribution in [1.82, 2.24) is 4.90 Å². The van der Waals surface area contributed by atoms with Crippen molar-refractivity contribution in [2.75, 3.05) is 19.8 Å². The van der Waals surface area contributed by atoms with Crippen LogP contribution in [0.2, 0.25) is 0 Å². The van der Waals surface area contributed by atoms with Gasteiger partial charge in [-0.1, -0.05) is 73.7 Å². The van der Waals surface area contributed by atoms with E-state index in [1.165, 1.54) is 21.5 Å². The van der Waals surface area contributed by atoms with E-state index in [1.54, 1.807) is 4.90 Å².